The summed E-state index contributed by atoms with van der Waals surface area (Å²) >= 11 is 5.94. The Balaban J connectivity index is 1.62. The number of sulfonamides is 1. The number of para-hydroxylation sites is 2. The third-order valence-electron chi connectivity index (χ3n) is 5.34. The fourth-order valence-electron chi connectivity index (χ4n) is 3.68. The Hall–Kier alpha value is -3.88. The molecule has 0 aliphatic heterocycles. The lowest BCUT2D eigenvalue weighted by molar-refractivity contribution is -0.119. The van der Waals surface area contributed by atoms with Gasteiger partial charge in [-0.25, -0.2) is 13.8 Å². The molecule has 4 rings (SSSR count). The number of anilines is 1. The van der Waals surface area contributed by atoms with Crippen molar-refractivity contribution in [2.24, 2.45) is 5.10 Å². The molecule has 0 aliphatic rings. The van der Waals surface area contributed by atoms with E-state index < -0.39 is 22.5 Å². The van der Waals surface area contributed by atoms with Crippen LogP contribution in [-0.4, -0.2) is 33.7 Å². The number of amides is 1. The molecule has 0 aromatic heterocycles. The van der Waals surface area contributed by atoms with Gasteiger partial charge in [0.2, 0.25) is 0 Å². The van der Waals surface area contributed by atoms with Crippen LogP contribution in [0.2, 0.25) is 5.02 Å². The standard InChI is InChI=1S/C27H24ClN3O4S/c1-2-35-26-13-6-5-12-25(26)31(36(33,34)23-16-14-22(28)15-17-23)19-27(32)30-29-18-21-10-7-9-20-8-3-4-11-24(20)21/h3-18H,2,19H2,1H3,(H,30,32)/b29-18-. The van der Waals surface area contributed by atoms with Crippen LogP contribution in [0.3, 0.4) is 0 Å². The lowest BCUT2D eigenvalue weighted by Gasteiger charge is -2.25. The van der Waals surface area contributed by atoms with E-state index in [0.29, 0.717) is 17.4 Å². The minimum absolute atomic E-state index is 0.00902. The number of carbonyl (C=O) groups is 1. The van der Waals surface area contributed by atoms with Gasteiger partial charge in [0.25, 0.3) is 15.9 Å². The highest BCUT2D eigenvalue weighted by molar-refractivity contribution is 7.92. The van der Waals surface area contributed by atoms with Crippen molar-refractivity contribution in [2.75, 3.05) is 17.5 Å². The number of hydrogen-bond acceptors (Lipinski definition) is 5. The van der Waals surface area contributed by atoms with Gasteiger partial charge >= 0.3 is 0 Å². The van der Waals surface area contributed by atoms with Crippen LogP contribution < -0.4 is 14.5 Å². The summed E-state index contributed by atoms with van der Waals surface area (Å²) in [5.74, 6) is -0.278. The molecule has 7 nitrogen and oxygen atoms in total. The lowest BCUT2D eigenvalue weighted by Crippen LogP contribution is -2.39. The summed E-state index contributed by atoms with van der Waals surface area (Å²) in [6.07, 6.45) is 1.53. The Labute approximate surface area is 215 Å². The summed E-state index contributed by atoms with van der Waals surface area (Å²) in [5, 5.41) is 6.49. The van der Waals surface area contributed by atoms with Crippen LogP contribution in [0.15, 0.2) is 101 Å². The lowest BCUT2D eigenvalue weighted by atomic mass is 10.1. The smallest absolute Gasteiger partial charge is 0.264 e. The van der Waals surface area contributed by atoms with Crippen molar-refractivity contribution < 1.29 is 17.9 Å². The monoisotopic (exact) mass is 521 g/mol. The van der Waals surface area contributed by atoms with Gasteiger partial charge in [-0.05, 0) is 54.1 Å². The zero-order valence-corrected chi connectivity index (χ0v) is 21.0. The van der Waals surface area contributed by atoms with Crippen molar-refractivity contribution in [3.63, 3.8) is 0 Å². The predicted octanol–water partition coefficient (Wildman–Crippen LogP) is 5.24. The van der Waals surface area contributed by atoms with E-state index in [2.05, 4.69) is 10.5 Å². The van der Waals surface area contributed by atoms with Gasteiger partial charge in [0, 0.05) is 10.6 Å². The Morgan fingerprint density at radius 3 is 2.44 bits per heavy atom. The normalized spacial score (nSPS) is 11.5. The molecule has 4 aromatic rings. The van der Waals surface area contributed by atoms with E-state index in [4.69, 9.17) is 16.3 Å². The van der Waals surface area contributed by atoms with Gasteiger partial charge in [-0.3, -0.25) is 9.10 Å². The molecule has 4 aromatic carbocycles. The van der Waals surface area contributed by atoms with Gasteiger partial charge < -0.3 is 4.74 Å². The highest BCUT2D eigenvalue weighted by Crippen LogP contribution is 2.32. The molecule has 0 unspecified atom stereocenters. The minimum Gasteiger partial charge on any atom is -0.492 e. The molecule has 184 valence electrons. The second-order valence-electron chi connectivity index (χ2n) is 7.73. The van der Waals surface area contributed by atoms with E-state index >= 15 is 0 Å². The minimum atomic E-state index is -4.13. The third kappa shape index (κ3) is 5.67. The van der Waals surface area contributed by atoms with Gasteiger partial charge in [-0.2, -0.15) is 5.10 Å². The van der Waals surface area contributed by atoms with Gasteiger partial charge in [0.15, 0.2) is 0 Å². The number of hydrogen-bond donors (Lipinski definition) is 1. The second-order valence-corrected chi connectivity index (χ2v) is 10.0. The number of carbonyl (C=O) groups excluding carboxylic acids is 1. The molecule has 0 aliphatic carbocycles. The number of halogens is 1. The highest BCUT2D eigenvalue weighted by atomic mass is 35.5. The number of rotatable bonds is 9. The summed E-state index contributed by atoms with van der Waals surface area (Å²) in [4.78, 5) is 12.9. The summed E-state index contributed by atoms with van der Waals surface area (Å²) < 4.78 is 33.8. The number of nitrogens with zero attached hydrogens (tertiary/aromatic N) is 2. The Bertz CT molecular complexity index is 1500. The summed E-state index contributed by atoms with van der Waals surface area (Å²) in [6.45, 7) is 1.61. The van der Waals surface area contributed by atoms with E-state index in [1.807, 2.05) is 42.5 Å². The van der Waals surface area contributed by atoms with Crippen LogP contribution in [0.25, 0.3) is 10.8 Å². The van der Waals surface area contributed by atoms with Crippen LogP contribution in [0, 0.1) is 0 Å². The van der Waals surface area contributed by atoms with Gasteiger partial charge in [0.05, 0.1) is 23.4 Å². The molecule has 0 saturated heterocycles. The number of benzene rings is 4. The first-order chi connectivity index (χ1) is 17.4. The first-order valence-corrected chi connectivity index (χ1v) is 13.0. The van der Waals surface area contributed by atoms with Crippen molar-refractivity contribution in [3.05, 3.63) is 102 Å². The van der Waals surface area contributed by atoms with Gasteiger partial charge in [-0.1, -0.05) is 66.2 Å². The van der Waals surface area contributed by atoms with E-state index in [1.165, 1.54) is 30.5 Å². The molecule has 1 amide bonds. The van der Waals surface area contributed by atoms with Crippen LogP contribution in [0.1, 0.15) is 12.5 Å². The zero-order chi connectivity index (χ0) is 25.5. The fraction of sp³-hybridized carbons (Fsp3) is 0.111. The SMILES string of the molecule is CCOc1ccccc1N(CC(=O)N/N=C\c1cccc2ccccc12)S(=O)(=O)c1ccc(Cl)cc1. The molecule has 36 heavy (non-hydrogen) atoms. The number of nitrogens with one attached hydrogen (secondary N) is 1. The maximum absolute atomic E-state index is 13.6. The topological polar surface area (TPSA) is 88.1 Å². The molecule has 0 spiro atoms. The van der Waals surface area contributed by atoms with Crippen LogP contribution in [0.4, 0.5) is 5.69 Å². The Kier molecular flexibility index (Phi) is 7.87. The molecule has 0 radical (unpaired) electrons. The molecule has 0 bridgehead atoms. The van der Waals surface area contributed by atoms with Crippen molar-refractivity contribution in [1.82, 2.24) is 5.43 Å². The average molecular weight is 522 g/mol. The Morgan fingerprint density at radius 2 is 1.67 bits per heavy atom. The highest BCUT2D eigenvalue weighted by Gasteiger charge is 2.29. The van der Waals surface area contributed by atoms with Crippen molar-refractivity contribution in [1.29, 1.82) is 0 Å². The fourth-order valence-corrected chi connectivity index (χ4v) is 5.23. The Morgan fingerprint density at radius 1 is 0.972 bits per heavy atom. The number of fused-ring (bicyclic) bond motifs is 1. The van der Waals surface area contributed by atoms with E-state index in [-0.39, 0.29) is 10.6 Å². The second kappa shape index (κ2) is 11.2. The van der Waals surface area contributed by atoms with Crippen molar-refractivity contribution in [2.45, 2.75) is 11.8 Å². The van der Waals surface area contributed by atoms with Crippen LogP contribution in [-0.2, 0) is 14.8 Å². The maximum atomic E-state index is 13.6. The predicted molar refractivity (Wildman–Crippen MR) is 143 cm³/mol. The molecular weight excluding hydrogens is 498 g/mol. The summed E-state index contributed by atoms with van der Waals surface area (Å²) in [7, 11) is -4.13. The first kappa shape index (κ1) is 25.2. The first-order valence-electron chi connectivity index (χ1n) is 11.2. The molecule has 0 atom stereocenters. The molecule has 0 heterocycles. The number of ether oxygens (including phenoxy) is 1. The van der Waals surface area contributed by atoms with E-state index in [1.54, 1.807) is 31.2 Å². The third-order valence-corrected chi connectivity index (χ3v) is 7.36. The molecule has 1 N–H and O–H groups in total. The maximum Gasteiger partial charge on any atom is 0.264 e. The summed E-state index contributed by atoms with van der Waals surface area (Å²) in [5.41, 5.74) is 3.50. The van der Waals surface area contributed by atoms with Gasteiger partial charge in [-0.15, -0.1) is 0 Å². The molecule has 0 saturated carbocycles. The van der Waals surface area contributed by atoms with Crippen LogP contribution in [0.5, 0.6) is 5.75 Å². The molecule has 9 heteroatoms. The number of hydrazone groups is 1. The van der Waals surface area contributed by atoms with Crippen molar-refractivity contribution in [3.8, 4) is 5.75 Å². The van der Waals surface area contributed by atoms with E-state index in [0.717, 1.165) is 20.6 Å². The quantitative estimate of drug-likeness (QED) is 0.241. The largest absolute Gasteiger partial charge is 0.492 e. The molecule has 0 fully saturated rings. The zero-order valence-electron chi connectivity index (χ0n) is 19.5. The molecular formula is C27H24ClN3O4S. The van der Waals surface area contributed by atoms with Crippen molar-refractivity contribution >= 4 is 50.2 Å². The van der Waals surface area contributed by atoms with Gasteiger partial charge in [0.1, 0.15) is 12.3 Å². The summed E-state index contributed by atoms with van der Waals surface area (Å²) in [6, 6.07) is 26.0. The van der Waals surface area contributed by atoms with E-state index in [9.17, 15) is 13.2 Å². The average Bonchev–Trinajstić information content (AvgIpc) is 2.88. The van der Waals surface area contributed by atoms with Crippen LogP contribution >= 0.6 is 11.6 Å².